The molecule has 208 valence electrons. The van der Waals surface area contributed by atoms with Crippen LogP contribution in [-0.4, -0.2) is 94.0 Å². The molecule has 34 heavy (non-hydrogen) atoms. The van der Waals surface area contributed by atoms with Crippen molar-refractivity contribution in [3.05, 3.63) is 0 Å². The number of aliphatic hydroxyl groups is 2. The molecule has 1 heterocycles. The second-order valence-corrected chi connectivity index (χ2v) is 13.7. The normalized spacial score (nSPS) is 22.6. The number of hydrogen-bond acceptors (Lipinski definition) is 8. The highest BCUT2D eigenvalue weighted by Crippen LogP contribution is 2.44. The van der Waals surface area contributed by atoms with Gasteiger partial charge in [0.15, 0.2) is 11.2 Å². The number of aliphatic hydroxyl groups excluding tert-OH is 1. The molecule has 0 amide bonds. The lowest BCUT2D eigenvalue weighted by Gasteiger charge is -2.43. The van der Waals surface area contributed by atoms with Crippen molar-refractivity contribution in [1.29, 1.82) is 0 Å². The Hall–Kier alpha value is -0.306. The van der Waals surface area contributed by atoms with Crippen molar-refractivity contribution in [3.8, 4) is 0 Å². The number of alkyl halides is 6. The molecular formula is C18H38F6O8Si2. The molecular weight excluding hydrogens is 514 g/mol. The van der Waals surface area contributed by atoms with Gasteiger partial charge in [0.2, 0.25) is 0 Å². The van der Waals surface area contributed by atoms with Gasteiger partial charge in [0.25, 0.3) is 0 Å². The third kappa shape index (κ3) is 9.98. The molecule has 2 atom stereocenters. The Bertz CT molecular complexity index is 547. The number of halogens is 6. The van der Waals surface area contributed by atoms with E-state index >= 15 is 0 Å². The molecule has 1 aliphatic heterocycles. The zero-order valence-corrected chi connectivity index (χ0v) is 22.9. The average Bonchev–Trinajstić information content (AvgIpc) is 2.77. The van der Waals surface area contributed by atoms with Crippen LogP contribution in [0.1, 0.15) is 39.5 Å². The topological polar surface area (TPSA) is 95.8 Å². The lowest BCUT2D eigenvalue weighted by atomic mass is 10.0. The molecule has 0 aliphatic carbocycles. The molecule has 0 aromatic heterocycles. The van der Waals surface area contributed by atoms with Crippen LogP contribution in [-0.2, 0) is 26.6 Å². The van der Waals surface area contributed by atoms with Gasteiger partial charge >= 0.3 is 30.0 Å². The van der Waals surface area contributed by atoms with E-state index in [2.05, 4.69) is 0 Å². The molecule has 0 bridgehead atoms. The maximum atomic E-state index is 12.7. The Morgan fingerprint density at radius 2 is 1.38 bits per heavy atom. The van der Waals surface area contributed by atoms with Crippen molar-refractivity contribution < 1.29 is 63.1 Å². The molecule has 2 unspecified atom stereocenters. The first-order valence-corrected chi connectivity index (χ1v) is 14.1. The van der Waals surface area contributed by atoms with Crippen molar-refractivity contribution in [2.45, 2.75) is 75.2 Å². The summed E-state index contributed by atoms with van der Waals surface area (Å²) in [6.07, 6.45) is -8.97. The van der Waals surface area contributed by atoms with E-state index in [9.17, 15) is 31.4 Å². The summed E-state index contributed by atoms with van der Waals surface area (Å²) in [5.41, 5.74) is -4.83. The first-order valence-electron chi connectivity index (χ1n) is 10.2. The zero-order chi connectivity index (χ0) is 27.5. The summed E-state index contributed by atoms with van der Waals surface area (Å²) in [6.45, 7) is 1.80. The van der Waals surface area contributed by atoms with Gasteiger partial charge < -0.3 is 36.8 Å². The van der Waals surface area contributed by atoms with Gasteiger partial charge in [-0.1, -0.05) is 0 Å². The molecule has 1 rings (SSSR count). The van der Waals surface area contributed by atoms with Gasteiger partial charge in [-0.2, -0.15) is 26.3 Å². The molecule has 0 saturated carbocycles. The van der Waals surface area contributed by atoms with Crippen LogP contribution >= 0.6 is 0 Å². The van der Waals surface area contributed by atoms with E-state index in [1.165, 1.54) is 35.5 Å². The van der Waals surface area contributed by atoms with Crippen LogP contribution in [0.5, 0.6) is 0 Å². The highest BCUT2D eigenvalue weighted by molar-refractivity contribution is 6.61. The molecule has 0 spiro atoms. The third-order valence-corrected chi connectivity index (χ3v) is 11.2. The van der Waals surface area contributed by atoms with Crippen LogP contribution in [0.2, 0.25) is 12.1 Å². The van der Waals surface area contributed by atoms with E-state index in [0.717, 1.165) is 21.0 Å². The van der Waals surface area contributed by atoms with Crippen LogP contribution in [0, 0.1) is 0 Å². The zero-order valence-electron chi connectivity index (χ0n) is 20.9. The van der Waals surface area contributed by atoms with Gasteiger partial charge in [-0.25, -0.2) is 0 Å². The van der Waals surface area contributed by atoms with Crippen LogP contribution in [0.3, 0.4) is 0 Å². The molecule has 0 aromatic rings. The predicted molar refractivity (Wildman–Crippen MR) is 115 cm³/mol. The van der Waals surface area contributed by atoms with Crippen LogP contribution in [0.4, 0.5) is 26.3 Å². The minimum atomic E-state index is -4.63. The van der Waals surface area contributed by atoms with Crippen molar-refractivity contribution in [3.63, 3.8) is 0 Å². The molecule has 1 fully saturated rings. The minimum Gasteiger partial charge on any atom is -0.400 e. The number of rotatable bonds is 9. The Morgan fingerprint density at radius 1 is 0.941 bits per heavy atom. The molecule has 2 N–H and O–H groups in total. The summed E-state index contributed by atoms with van der Waals surface area (Å²) in [5.74, 6) is 0. The molecule has 1 saturated heterocycles. The van der Waals surface area contributed by atoms with Gasteiger partial charge in [0.1, 0.15) is 0 Å². The monoisotopic (exact) mass is 552 g/mol. The lowest BCUT2D eigenvalue weighted by Crippen LogP contribution is -2.59. The van der Waals surface area contributed by atoms with Crippen LogP contribution in [0.25, 0.3) is 0 Å². The highest BCUT2D eigenvalue weighted by atomic mass is 28.4. The van der Waals surface area contributed by atoms with E-state index < -0.39 is 47.6 Å². The Labute approximate surface area is 199 Å². The van der Waals surface area contributed by atoms with Gasteiger partial charge in [0, 0.05) is 54.7 Å². The summed E-state index contributed by atoms with van der Waals surface area (Å²) >= 11 is 0. The fourth-order valence-corrected chi connectivity index (χ4v) is 7.08. The second kappa shape index (κ2) is 14.4. The molecule has 1 aliphatic rings. The fraction of sp³-hybridized carbons (Fsp3) is 1.00. The Balaban J connectivity index is 0. The largest absolute Gasteiger partial charge is 0.501 e. The molecule has 0 radical (unpaired) electrons. The Morgan fingerprint density at radius 3 is 1.71 bits per heavy atom. The maximum absolute atomic E-state index is 12.7. The average molecular weight is 553 g/mol. The van der Waals surface area contributed by atoms with Gasteiger partial charge in [-0.3, -0.25) is 0 Å². The second-order valence-electron chi connectivity index (χ2n) is 7.70. The van der Waals surface area contributed by atoms with Crippen molar-refractivity contribution in [2.75, 3.05) is 42.7 Å². The molecule has 8 nitrogen and oxygen atoms in total. The summed E-state index contributed by atoms with van der Waals surface area (Å²) in [4.78, 5) is 0. The molecule has 0 aromatic carbocycles. The third-order valence-electron chi connectivity index (χ3n) is 5.43. The van der Waals surface area contributed by atoms with Gasteiger partial charge in [-0.05, 0) is 39.5 Å². The SMILES string of the molecule is CO.CO[Si](CCCC(C)(O)C(F)(F)F)(OC)OC.CO[Si]1(OC)CCCC(C)(C(F)(F)F)O1. The first kappa shape index (κ1) is 35.9. The van der Waals surface area contributed by atoms with E-state index in [1.54, 1.807) is 0 Å². The van der Waals surface area contributed by atoms with Crippen molar-refractivity contribution in [2.24, 2.45) is 0 Å². The predicted octanol–water partition coefficient (Wildman–Crippen LogP) is 3.92. The van der Waals surface area contributed by atoms with Gasteiger partial charge in [0.05, 0.1) is 0 Å². The summed E-state index contributed by atoms with van der Waals surface area (Å²) in [5, 5.41) is 16.2. The minimum absolute atomic E-state index is 0.0437. The molecule has 16 heteroatoms. The van der Waals surface area contributed by atoms with Crippen molar-refractivity contribution in [1.82, 2.24) is 0 Å². The van der Waals surface area contributed by atoms with Crippen molar-refractivity contribution >= 4 is 17.6 Å². The van der Waals surface area contributed by atoms with E-state index in [0.29, 0.717) is 12.5 Å². The smallest absolute Gasteiger partial charge is 0.400 e. The first-order chi connectivity index (χ1) is 15.4. The van der Waals surface area contributed by atoms with Crippen LogP contribution < -0.4 is 0 Å². The van der Waals surface area contributed by atoms with E-state index in [-0.39, 0.29) is 18.9 Å². The summed E-state index contributed by atoms with van der Waals surface area (Å²) in [6, 6.07) is 0.661. The number of hydrogen-bond donors (Lipinski definition) is 2. The Kier molecular flexibility index (Phi) is 15.2. The summed E-state index contributed by atoms with van der Waals surface area (Å²) in [7, 11) is 1.88. The highest BCUT2D eigenvalue weighted by Gasteiger charge is 2.60. The van der Waals surface area contributed by atoms with Crippen LogP contribution in [0.15, 0.2) is 0 Å². The quantitative estimate of drug-likeness (QED) is 0.328. The van der Waals surface area contributed by atoms with Gasteiger partial charge in [-0.15, -0.1) is 0 Å². The summed E-state index contributed by atoms with van der Waals surface area (Å²) < 4.78 is 106. The van der Waals surface area contributed by atoms with E-state index in [4.69, 9.17) is 31.7 Å². The maximum Gasteiger partial charge on any atom is 0.501 e. The fourth-order valence-electron chi connectivity index (χ4n) is 3.00. The lowest BCUT2D eigenvalue weighted by molar-refractivity contribution is -0.261. The standard InChI is InChI=1S/C9H19F3O4Si.C8H15F3O3Si.CH4O/c1-8(13,9(10,11)12)6-5-7-17(14-2,15-3)16-4;1-7(8(9,10)11)5-4-6-15(12-2,13-3)14-7;1-2/h13H,5-7H2,1-4H3;4-6H2,1-3H3;2H,1H3. The van der Waals surface area contributed by atoms with E-state index in [1.807, 2.05) is 0 Å².